The van der Waals surface area contributed by atoms with Crippen LogP contribution in [0.25, 0.3) is 0 Å². The SMILES string of the molecule is CCCCCCCC(=O)NC(CCN)C(=O)C(C)C. The van der Waals surface area contributed by atoms with E-state index in [0.29, 0.717) is 19.4 Å². The molecule has 1 unspecified atom stereocenters. The summed E-state index contributed by atoms with van der Waals surface area (Å²) in [5.41, 5.74) is 5.49. The highest BCUT2D eigenvalue weighted by atomic mass is 16.2. The quantitative estimate of drug-likeness (QED) is 0.566. The van der Waals surface area contributed by atoms with Gasteiger partial charge in [0, 0.05) is 12.3 Å². The molecule has 0 heterocycles. The third kappa shape index (κ3) is 8.76. The molecule has 1 atom stereocenters. The molecule has 4 heteroatoms. The summed E-state index contributed by atoms with van der Waals surface area (Å²) in [6, 6.07) is -0.409. The molecule has 0 radical (unpaired) electrons. The molecule has 0 rings (SSSR count). The molecule has 0 bridgehead atoms. The molecule has 19 heavy (non-hydrogen) atoms. The van der Waals surface area contributed by atoms with Gasteiger partial charge in [0.2, 0.25) is 5.91 Å². The summed E-state index contributed by atoms with van der Waals surface area (Å²) < 4.78 is 0. The topological polar surface area (TPSA) is 72.2 Å². The average molecular weight is 270 g/mol. The molecule has 3 N–H and O–H groups in total. The summed E-state index contributed by atoms with van der Waals surface area (Å²) in [5.74, 6) is -0.0184. The Balaban J connectivity index is 4.00. The fraction of sp³-hybridized carbons (Fsp3) is 0.867. The zero-order valence-corrected chi connectivity index (χ0v) is 12.7. The van der Waals surface area contributed by atoms with E-state index >= 15 is 0 Å². The number of unbranched alkanes of at least 4 members (excludes halogenated alkanes) is 4. The van der Waals surface area contributed by atoms with Gasteiger partial charge < -0.3 is 11.1 Å². The van der Waals surface area contributed by atoms with E-state index in [4.69, 9.17) is 5.73 Å². The minimum atomic E-state index is -0.409. The van der Waals surface area contributed by atoms with Crippen LogP contribution in [-0.4, -0.2) is 24.3 Å². The molecule has 0 aliphatic carbocycles. The molecule has 0 saturated heterocycles. The summed E-state index contributed by atoms with van der Waals surface area (Å²) in [4.78, 5) is 23.7. The van der Waals surface area contributed by atoms with E-state index < -0.39 is 6.04 Å². The highest BCUT2D eigenvalue weighted by molar-refractivity contribution is 5.90. The van der Waals surface area contributed by atoms with Crippen molar-refractivity contribution in [3.8, 4) is 0 Å². The van der Waals surface area contributed by atoms with E-state index in [1.54, 1.807) is 0 Å². The summed E-state index contributed by atoms with van der Waals surface area (Å²) >= 11 is 0. The standard InChI is InChI=1S/C15H30N2O2/c1-4-5-6-7-8-9-14(18)17-13(10-11-16)15(19)12(2)3/h12-13H,4-11,16H2,1-3H3,(H,17,18). The average Bonchev–Trinajstić information content (AvgIpc) is 2.37. The van der Waals surface area contributed by atoms with E-state index in [1.807, 2.05) is 13.8 Å². The van der Waals surface area contributed by atoms with Gasteiger partial charge in [-0.3, -0.25) is 9.59 Å². The maximum atomic E-state index is 11.9. The Kier molecular flexibility index (Phi) is 10.5. The minimum Gasteiger partial charge on any atom is -0.346 e. The second-order valence-electron chi connectivity index (χ2n) is 5.42. The number of Topliss-reactive ketones (excluding diaryl/α,β-unsaturated/α-hetero) is 1. The first-order valence-corrected chi connectivity index (χ1v) is 7.56. The van der Waals surface area contributed by atoms with E-state index in [2.05, 4.69) is 12.2 Å². The molecular weight excluding hydrogens is 240 g/mol. The zero-order valence-electron chi connectivity index (χ0n) is 12.7. The van der Waals surface area contributed by atoms with Crippen LogP contribution in [-0.2, 0) is 9.59 Å². The molecule has 0 spiro atoms. The molecule has 0 aromatic heterocycles. The van der Waals surface area contributed by atoms with Crippen LogP contribution in [0.2, 0.25) is 0 Å². The first-order chi connectivity index (χ1) is 9.02. The number of hydrogen-bond acceptors (Lipinski definition) is 3. The molecule has 0 aliphatic heterocycles. The van der Waals surface area contributed by atoms with Gasteiger partial charge in [0.1, 0.15) is 0 Å². The Bertz CT molecular complexity index is 265. The number of rotatable bonds is 11. The third-order valence-corrected chi connectivity index (χ3v) is 3.21. The van der Waals surface area contributed by atoms with Crippen LogP contribution in [0.15, 0.2) is 0 Å². The van der Waals surface area contributed by atoms with Crippen LogP contribution >= 0.6 is 0 Å². The van der Waals surface area contributed by atoms with Crippen molar-refractivity contribution in [2.75, 3.05) is 6.54 Å². The van der Waals surface area contributed by atoms with Crippen LogP contribution in [0, 0.1) is 5.92 Å². The number of nitrogens with one attached hydrogen (secondary N) is 1. The van der Waals surface area contributed by atoms with Crippen LogP contribution in [0.1, 0.15) is 65.7 Å². The number of carbonyl (C=O) groups excluding carboxylic acids is 2. The first kappa shape index (κ1) is 18.1. The number of carbonyl (C=O) groups is 2. The lowest BCUT2D eigenvalue weighted by Crippen LogP contribution is -2.43. The Morgan fingerprint density at radius 2 is 1.74 bits per heavy atom. The Morgan fingerprint density at radius 1 is 1.11 bits per heavy atom. The Labute approximate surface area is 117 Å². The molecule has 1 amide bonds. The largest absolute Gasteiger partial charge is 0.346 e. The van der Waals surface area contributed by atoms with Gasteiger partial charge >= 0.3 is 0 Å². The molecule has 0 aromatic carbocycles. The van der Waals surface area contributed by atoms with Crippen LogP contribution < -0.4 is 11.1 Å². The fourth-order valence-corrected chi connectivity index (χ4v) is 2.01. The maximum absolute atomic E-state index is 11.9. The number of ketones is 1. The van der Waals surface area contributed by atoms with Gasteiger partial charge in [-0.05, 0) is 19.4 Å². The predicted octanol–water partition coefficient (Wildman–Crippen LogP) is 2.41. The van der Waals surface area contributed by atoms with E-state index in [0.717, 1.165) is 12.8 Å². The zero-order chi connectivity index (χ0) is 14.7. The molecular formula is C15H30N2O2. The second kappa shape index (κ2) is 11.0. The van der Waals surface area contributed by atoms with Crippen molar-refractivity contribution in [2.45, 2.75) is 71.8 Å². The van der Waals surface area contributed by atoms with Crippen LogP contribution in [0.4, 0.5) is 0 Å². The van der Waals surface area contributed by atoms with Gasteiger partial charge in [-0.25, -0.2) is 0 Å². The highest BCUT2D eigenvalue weighted by Gasteiger charge is 2.21. The maximum Gasteiger partial charge on any atom is 0.220 e. The summed E-state index contributed by atoms with van der Waals surface area (Å²) in [5, 5.41) is 2.82. The van der Waals surface area contributed by atoms with Gasteiger partial charge in [0.25, 0.3) is 0 Å². The second-order valence-corrected chi connectivity index (χ2v) is 5.42. The highest BCUT2D eigenvalue weighted by Crippen LogP contribution is 2.07. The summed E-state index contributed by atoms with van der Waals surface area (Å²) in [6.45, 7) is 6.28. The number of amides is 1. The van der Waals surface area contributed by atoms with Crippen molar-refractivity contribution in [3.63, 3.8) is 0 Å². The van der Waals surface area contributed by atoms with E-state index in [9.17, 15) is 9.59 Å². The fourth-order valence-electron chi connectivity index (χ4n) is 2.01. The molecule has 112 valence electrons. The Morgan fingerprint density at radius 3 is 2.26 bits per heavy atom. The van der Waals surface area contributed by atoms with Gasteiger partial charge in [-0.1, -0.05) is 46.5 Å². The third-order valence-electron chi connectivity index (χ3n) is 3.21. The van der Waals surface area contributed by atoms with E-state index in [-0.39, 0.29) is 17.6 Å². The molecule has 4 nitrogen and oxygen atoms in total. The normalized spacial score (nSPS) is 12.5. The van der Waals surface area contributed by atoms with Crippen molar-refractivity contribution < 1.29 is 9.59 Å². The molecule has 0 aliphatic rings. The molecule has 0 fully saturated rings. The van der Waals surface area contributed by atoms with Crippen molar-refractivity contribution in [2.24, 2.45) is 11.7 Å². The summed E-state index contributed by atoms with van der Waals surface area (Å²) in [7, 11) is 0. The monoisotopic (exact) mass is 270 g/mol. The van der Waals surface area contributed by atoms with Crippen molar-refractivity contribution >= 4 is 11.7 Å². The van der Waals surface area contributed by atoms with Crippen molar-refractivity contribution in [3.05, 3.63) is 0 Å². The molecule has 0 saturated carbocycles. The number of nitrogens with two attached hydrogens (primary N) is 1. The van der Waals surface area contributed by atoms with Gasteiger partial charge in [-0.15, -0.1) is 0 Å². The predicted molar refractivity (Wildman–Crippen MR) is 78.8 cm³/mol. The van der Waals surface area contributed by atoms with Crippen LogP contribution in [0.3, 0.4) is 0 Å². The lowest BCUT2D eigenvalue weighted by molar-refractivity contribution is -0.129. The van der Waals surface area contributed by atoms with Gasteiger partial charge in [-0.2, -0.15) is 0 Å². The van der Waals surface area contributed by atoms with Gasteiger partial charge in [0.15, 0.2) is 5.78 Å². The smallest absolute Gasteiger partial charge is 0.220 e. The van der Waals surface area contributed by atoms with Crippen molar-refractivity contribution in [1.82, 2.24) is 5.32 Å². The Hall–Kier alpha value is -0.900. The van der Waals surface area contributed by atoms with E-state index in [1.165, 1.54) is 19.3 Å². The van der Waals surface area contributed by atoms with Crippen molar-refractivity contribution in [1.29, 1.82) is 0 Å². The minimum absolute atomic E-state index is 0.0241. The number of hydrogen-bond donors (Lipinski definition) is 2. The first-order valence-electron chi connectivity index (χ1n) is 7.56. The molecule has 0 aromatic rings. The lowest BCUT2D eigenvalue weighted by Gasteiger charge is -2.18. The summed E-state index contributed by atoms with van der Waals surface area (Å²) in [6.07, 6.45) is 6.63. The lowest BCUT2D eigenvalue weighted by atomic mass is 9.99. The van der Waals surface area contributed by atoms with Crippen LogP contribution in [0.5, 0.6) is 0 Å². The van der Waals surface area contributed by atoms with Gasteiger partial charge in [0.05, 0.1) is 6.04 Å².